The van der Waals surface area contributed by atoms with Gasteiger partial charge >= 0.3 is 12.4 Å². The monoisotopic (exact) mass is 437 g/mol. The molecule has 1 heterocycles. The molecule has 0 saturated carbocycles. The maximum Gasteiger partial charge on any atom is 0.430 e. The van der Waals surface area contributed by atoms with Gasteiger partial charge in [-0.05, 0) is 41.5 Å². The van der Waals surface area contributed by atoms with Crippen LogP contribution in [0.2, 0.25) is 0 Å². The van der Waals surface area contributed by atoms with Gasteiger partial charge in [-0.2, -0.15) is 26.3 Å². The van der Waals surface area contributed by atoms with Crippen LogP contribution < -0.4 is 0 Å². The Morgan fingerprint density at radius 1 is 0.774 bits per heavy atom. The van der Waals surface area contributed by atoms with Crippen LogP contribution in [-0.4, -0.2) is 22.0 Å². The molecular formula is C23H17F6NO. The predicted octanol–water partition coefficient (Wildman–Crippen LogP) is 6.46. The van der Waals surface area contributed by atoms with Crippen LogP contribution in [0.25, 0.3) is 21.7 Å². The van der Waals surface area contributed by atoms with Crippen molar-refractivity contribution in [3.8, 4) is 0 Å². The lowest BCUT2D eigenvalue weighted by atomic mass is 9.91. The maximum absolute atomic E-state index is 13.2. The van der Waals surface area contributed by atoms with Gasteiger partial charge in [-0.25, -0.2) is 0 Å². The first kappa shape index (κ1) is 21.2. The molecule has 0 aliphatic heterocycles. The fraction of sp³-hybridized carbons (Fsp3) is 0.217. The molecule has 0 spiro atoms. The number of fused-ring (bicyclic) bond motifs is 2. The summed E-state index contributed by atoms with van der Waals surface area (Å²) in [5, 5.41) is 11.9. The van der Waals surface area contributed by atoms with Gasteiger partial charge in [0.1, 0.15) is 0 Å². The molecule has 0 atom stereocenters. The van der Waals surface area contributed by atoms with Gasteiger partial charge in [0, 0.05) is 28.7 Å². The molecule has 1 N–H and O–H groups in total. The number of alkyl halides is 6. The van der Waals surface area contributed by atoms with Crippen molar-refractivity contribution in [2.24, 2.45) is 0 Å². The van der Waals surface area contributed by atoms with Crippen LogP contribution in [0.5, 0.6) is 0 Å². The van der Waals surface area contributed by atoms with Gasteiger partial charge in [0.15, 0.2) is 0 Å². The predicted molar refractivity (Wildman–Crippen MR) is 106 cm³/mol. The third-order valence-corrected chi connectivity index (χ3v) is 5.56. The van der Waals surface area contributed by atoms with E-state index in [-0.39, 0.29) is 5.39 Å². The highest BCUT2D eigenvalue weighted by molar-refractivity contribution is 5.86. The van der Waals surface area contributed by atoms with Crippen LogP contribution in [-0.2, 0) is 12.1 Å². The zero-order valence-electron chi connectivity index (χ0n) is 16.2. The number of benzene rings is 3. The van der Waals surface area contributed by atoms with E-state index in [4.69, 9.17) is 0 Å². The lowest BCUT2D eigenvalue weighted by Crippen LogP contribution is -2.53. The van der Waals surface area contributed by atoms with E-state index in [0.29, 0.717) is 23.8 Å². The Balaban J connectivity index is 1.83. The Bertz CT molecular complexity index is 1250. The van der Waals surface area contributed by atoms with Gasteiger partial charge in [-0.3, -0.25) is 0 Å². The van der Waals surface area contributed by atoms with Crippen LogP contribution >= 0.6 is 0 Å². The zero-order chi connectivity index (χ0) is 22.6. The third-order valence-electron chi connectivity index (χ3n) is 5.56. The molecule has 8 heteroatoms. The second kappa shape index (κ2) is 7.02. The Hall–Kier alpha value is -3.00. The molecule has 0 bridgehead atoms. The molecule has 0 aliphatic rings. The van der Waals surface area contributed by atoms with E-state index >= 15 is 0 Å². The van der Waals surface area contributed by atoms with E-state index in [9.17, 15) is 31.4 Å². The Kier molecular flexibility index (Phi) is 4.81. The summed E-state index contributed by atoms with van der Waals surface area (Å²) in [5.41, 5.74) is -4.10. The van der Waals surface area contributed by atoms with Crippen LogP contribution in [0.4, 0.5) is 26.3 Å². The van der Waals surface area contributed by atoms with Gasteiger partial charge in [0.2, 0.25) is 0 Å². The molecule has 0 radical (unpaired) electrons. The second-order valence-electron chi connectivity index (χ2n) is 7.49. The highest BCUT2D eigenvalue weighted by Gasteiger charge is 2.71. The molecule has 0 unspecified atom stereocenters. The van der Waals surface area contributed by atoms with E-state index in [1.165, 1.54) is 12.1 Å². The van der Waals surface area contributed by atoms with Crippen molar-refractivity contribution in [2.75, 3.05) is 0 Å². The van der Waals surface area contributed by atoms with Gasteiger partial charge in [0.25, 0.3) is 5.60 Å². The van der Waals surface area contributed by atoms with Gasteiger partial charge < -0.3 is 9.67 Å². The largest absolute Gasteiger partial charge is 0.430 e. The molecule has 162 valence electrons. The number of aliphatic hydroxyl groups is 1. The summed E-state index contributed by atoms with van der Waals surface area (Å²) in [6.07, 6.45) is -11.8. The molecule has 4 aromatic rings. The molecule has 2 nitrogen and oxygen atoms in total. The summed E-state index contributed by atoms with van der Waals surface area (Å²) in [6.45, 7) is 2.11. The summed E-state index contributed by atoms with van der Waals surface area (Å²) in [6, 6.07) is 17.6. The van der Waals surface area contributed by atoms with E-state index in [2.05, 4.69) is 0 Å². The van der Waals surface area contributed by atoms with Crippen molar-refractivity contribution in [1.29, 1.82) is 0 Å². The first-order valence-electron chi connectivity index (χ1n) is 9.36. The average Bonchev–Trinajstić information content (AvgIpc) is 3.00. The second-order valence-corrected chi connectivity index (χ2v) is 7.49. The number of rotatable bonds is 3. The molecule has 0 saturated heterocycles. The fourth-order valence-electron chi connectivity index (χ4n) is 3.93. The lowest BCUT2D eigenvalue weighted by Gasteiger charge is -2.32. The minimum Gasteiger partial charge on any atom is -0.369 e. The normalized spacial score (nSPS) is 13.3. The SMILES string of the molecule is Cc1cc2cc(C(O)(C(F)(F)F)C(F)(F)F)ccc2n1Cc1cccc2ccccc12. The van der Waals surface area contributed by atoms with E-state index in [1.54, 1.807) is 6.92 Å². The number of aryl methyl sites for hydroxylation is 1. The summed E-state index contributed by atoms with van der Waals surface area (Å²) in [5.74, 6) is 0. The number of halogens is 6. The minimum atomic E-state index is -5.92. The van der Waals surface area contributed by atoms with Crippen molar-refractivity contribution in [2.45, 2.75) is 31.4 Å². The molecule has 1 aromatic heterocycles. The van der Waals surface area contributed by atoms with E-state index in [1.807, 2.05) is 47.0 Å². The lowest BCUT2D eigenvalue weighted by molar-refractivity contribution is -0.376. The summed E-state index contributed by atoms with van der Waals surface area (Å²) in [4.78, 5) is 0. The highest BCUT2D eigenvalue weighted by atomic mass is 19.4. The van der Waals surface area contributed by atoms with Crippen molar-refractivity contribution in [1.82, 2.24) is 4.57 Å². The van der Waals surface area contributed by atoms with Crippen LogP contribution in [0.1, 0.15) is 16.8 Å². The average molecular weight is 437 g/mol. The molecule has 0 amide bonds. The Morgan fingerprint density at radius 2 is 1.42 bits per heavy atom. The standard InChI is InChI=1S/C23H17F6NO/c1-14-11-17-12-18(21(31,22(24,25)26)23(27,28)29)9-10-20(17)30(14)13-16-7-4-6-15-5-2-3-8-19(15)16/h2-12,31H,13H2,1H3. The summed E-state index contributed by atoms with van der Waals surface area (Å²) in [7, 11) is 0. The van der Waals surface area contributed by atoms with Gasteiger partial charge in [0.05, 0.1) is 0 Å². The topological polar surface area (TPSA) is 25.2 Å². The van der Waals surface area contributed by atoms with Crippen molar-refractivity contribution < 1.29 is 31.4 Å². The number of hydrogen-bond acceptors (Lipinski definition) is 1. The summed E-state index contributed by atoms with van der Waals surface area (Å²) < 4.78 is 81.2. The molecule has 0 aliphatic carbocycles. The molecular weight excluding hydrogens is 420 g/mol. The first-order chi connectivity index (χ1) is 14.4. The van der Waals surface area contributed by atoms with Crippen molar-refractivity contribution >= 4 is 21.7 Å². The third kappa shape index (κ3) is 3.35. The minimum absolute atomic E-state index is 0.183. The molecule has 0 fully saturated rings. The quantitative estimate of drug-likeness (QED) is 0.366. The van der Waals surface area contributed by atoms with Crippen molar-refractivity contribution in [3.05, 3.63) is 83.6 Å². The van der Waals surface area contributed by atoms with Gasteiger partial charge in [-0.1, -0.05) is 48.5 Å². The smallest absolute Gasteiger partial charge is 0.369 e. The van der Waals surface area contributed by atoms with Crippen LogP contribution in [0.3, 0.4) is 0 Å². The summed E-state index contributed by atoms with van der Waals surface area (Å²) >= 11 is 0. The molecule has 31 heavy (non-hydrogen) atoms. The fourth-order valence-corrected chi connectivity index (χ4v) is 3.93. The van der Waals surface area contributed by atoms with Crippen LogP contribution in [0.15, 0.2) is 66.7 Å². The van der Waals surface area contributed by atoms with Crippen LogP contribution in [0, 0.1) is 6.92 Å². The Labute approximate surface area is 173 Å². The van der Waals surface area contributed by atoms with Gasteiger partial charge in [-0.15, -0.1) is 0 Å². The molecule has 4 rings (SSSR count). The Morgan fingerprint density at radius 3 is 2.10 bits per heavy atom. The first-order valence-corrected chi connectivity index (χ1v) is 9.36. The zero-order valence-corrected chi connectivity index (χ0v) is 16.2. The van der Waals surface area contributed by atoms with Crippen molar-refractivity contribution in [3.63, 3.8) is 0 Å². The maximum atomic E-state index is 13.2. The molecule has 3 aromatic carbocycles. The number of nitrogens with zero attached hydrogens (tertiary/aromatic N) is 1. The van der Waals surface area contributed by atoms with E-state index in [0.717, 1.165) is 22.4 Å². The van der Waals surface area contributed by atoms with E-state index < -0.39 is 23.5 Å². The number of hydrogen-bond donors (Lipinski definition) is 1. The highest BCUT2D eigenvalue weighted by Crippen LogP contribution is 2.50. The number of aromatic nitrogens is 1.